The van der Waals surface area contributed by atoms with Gasteiger partial charge in [-0.25, -0.2) is 4.39 Å². The number of nitrogens with two attached hydrogens (primary N) is 1. The zero-order valence-corrected chi connectivity index (χ0v) is 13.3. The summed E-state index contributed by atoms with van der Waals surface area (Å²) in [5.74, 6) is -2.08. The molecule has 0 saturated heterocycles. The molecule has 0 bridgehead atoms. The molecule has 0 aliphatic carbocycles. The quantitative estimate of drug-likeness (QED) is 0.695. The Morgan fingerprint density at radius 2 is 1.88 bits per heavy atom. The zero-order valence-electron chi connectivity index (χ0n) is 13.3. The number of primary amides is 1. The Bertz CT molecular complexity index is 979. The second-order valence-corrected chi connectivity index (χ2v) is 5.81. The molecule has 1 atom stereocenters. The fraction of sp³-hybridized carbons (Fsp3) is 0.167. The highest BCUT2D eigenvalue weighted by Gasteiger charge is 2.33. The van der Waals surface area contributed by atoms with Gasteiger partial charge in [0.05, 0.1) is 12.2 Å². The average molecular weight is 366 g/mol. The van der Waals surface area contributed by atoms with Crippen LogP contribution in [0.4, 0.5) is 17.6 Å². The lowest BCUT2D eigenvalue weighted by Gasteiger charge is -2.19. The second-order valence-electron chi connectivity index (χ2n) is 5.81. The van der Waals surface area contributed by atoms with Gasteiger partial charge in [0.2, 0.25) is 5.91 Å². The topological polar surface area (TPSA) is 68.2 Å². The first kappa shape index (κ1) is 17.9. The van der Waals surface area contributed by atoms with E-state index in [1.807, 2.05) is 0 Å². The second kappa shape index (κ2) is 6.45. The number of rotatable bonds is 4. The monoisotopic (exact) mass is 366 g/mol. The fourth-order valence-corrected chi connectivity index (χ4v) is 3.01. The lowest BCUT2D eigenvalue weighted by atomic mass is 10.0. The molecule has 136 valence electrons. The molecule has 0 saturated carbocycles. The van der Waals surface area contributed by atoms with Crippen LogP contribution in [0.5, 0.6) is 0 Å². The van der Waals surface area contributed by atoms with E-state index in [0.29, 0.717) is 28.6 Å². The maximum atomic E-state index is 13.8. The minimum absolute atomic E-state index is 0.227. The summed E-state index contributed by atoms with van der Waals surface area (Å²) in [5, 5.41) is 10.1. The van der Waals surface area contributed by atoms with Crippen LogP contribution in [0.15, 0.2) is 48.7 Å². The van der Waals surface area contributed by atoms with Crippen molar-refractivity contribution in [2.24, 2.45) is 5.73 Å². The first-order valence-electron chi connectivity index (χ1n) is 7.58. The molecule has 0 radical (unpaired) electrons. The molecule has 1 unspecified atom stereocenters. The van der Waals surface area contributed by atoms with E-state index in [1.54, 1.807) is 24.3 Å². The number of benzene rings is 2. The van der Waals surface area contributed by atoms with Crippen LogP contribution in [0.25, 0.3) is 10.9 Å². The summed E-state index contributed by atoms with van der Waals surface area (Å²) < 4.78 is 54.1. The molecule has 26 heavy (non-hydrogen) atoms. The van der Waals surface area contributed by atoms with Crippen molar-refractivity contribution in [2.45, 2.75) is 18.8 Å². The average Bonchev–Trinajstić information content (AvgIpc) is 2.92. The van der Waals surface area contributed by atoms with Crippen LogP contribution in [0.3, 0.4) is 0 Å². The smallest absolute Gasteiger partial charge is 0.392 e. The fourth-order valence-electron chi connectivity index (χ4n) is 3.01. The number of amides is 1. The van der Waals surface area contributed by atoms with Gasteiger partial charge in [-0.3, -0.25) is 4.79 Å². The number of aliphatic hydroxyl groups excluding tert-OH is 1. The molecule has 0 fully saturated rings. The largest absolute Gasteiger partial charge is 0.416 e. The van der Waals surface area contributed by atoms with Gasteiger partial charge in [-0.05, 0) is 29.8 Å². The lowest BCUT2D eigenvalue weighted by Crippen LogP contribution is -2.27. The van der Waals surface area contributed by atoms with Gasteiger partial charge in [-0.2, -0.15) is 13.2 Å². The normalized spacial score (nSPS) is 13.1. The Morgan fingerprint density at radius 1 is 1.19 bits per heavy atom. The van der Waals surface area contributed by atoms with Crippen LogP contribution in [0.1, 0.15) is 22.7 Å². The number of carbonyl (C=O) groups is 1. The molecule has 3 rings (SSSR count). The van der Waals surface area contributed by atoms with E-state index in [1.165, 1.54) is 10.8 Å². The summed E-state index contributed by atoms with van der Waals surface area (Å²) in [6, 6.07) is 7.26. The van der Waals surface area contributed by atoms with Gasteiger partial charge in [0.1, 0.15) is 11.9 Å². The highest BCUT2D eigenvalue weighted by atomic mass is 19.4. The number of fused-ring (bicyclic) bond motifs is 1. The highest BCUT2D eigenvalue weighted by Crippen LogP contribution is 2.34. The Kier molecular flexibility index (Phi) is 4.45. The SMILES string of the molecule is NC(=O)C(c1cc(F)cc(C(F)(F)F)c1)n1cc(CO)c2ccccc21. The highest BCUT2D eigenvalue weighted by molar-refractivity contribution is 5.89. The van der Waals surface area contributed by atoms with Crippen LogP contribution >= 0.6 is 0 Å². The summed E-state index contributed by atoms with van der Waals surface area (Å²) >= 11 is 0. The number of alkyl halides is 3. The molecular formula is C18H14F4N2O2. The molecule has 0 spiro atoms. The minimum atomic E-state index is -4.77. The third-order valence-corrected chi connectivity index (χ3v) is 4.10. The predicted molar refractivity (Wildman–Crippen MR) is 86.6 cm³/mol. The van der Waals surface area contributed by atoms with Crippen LogP contribution in [-0.4, -0.2) is 15.6 Å². The molecule has 2 aromatic carbocycles. The number of carbonyl (C=O) groups excluding carboxylic acids is 1. The molecule has 0 aliphatic heterocycles. The van der Waals surface area contributed by atoms with E-state index in [9.17, 15) is 27.5 Å². The van der Waals surface area contributed by atoms with Gasteiger partial charge < -0.3 is 15.4 Å². The molecule has 4 nitrogen and oxygen atoms in total. The zero-order chi connectivity index (χ0) is 19.1. The van der Waals surface area contributed by atoms with Crippen molar-refractivity contribution in [3.05, 3.63) is 71.2 Å². The summed E-state index contributed by atoms with van der Waals surface area (Å²) in [6.45, 7) is -0.337. The van der Waals surface area contributed by atoms with Gasteiger partial charge in [-0.15, -0.1) is 0 Å². The summed E-state index contributed by atoms with van der Waals surface area (Å²) in [7, 11) is 0. The molecule has 3 N–H and O–H groups in total. The van der Waals surface area contributed by atoms with Gasteiger partial charge in [0.15, 0.2) is 0 Å². The standard InChI is InChI=1S/C18H14F4N2O2/c19-13-6-10(5-12(7-13)18(20,21)22)16(17(23)26)24-8-11(9-25)14-3-1-2-4-15(14)24/h1-8,16,25H,9H2,(H2,23,26). The van der Waals surface area contributed by atoms with Gasteiger partial charge in [0.25, 0.3) is 0 Å². The maximum Gasteiger partial charge on any atom is 0.416 e. The van der Waals surface area contributed by atoms with Crippen molar-refractivity contribution in [2.75, 3.05) is 0 Å². The van der Waals surface area contributed by atoms with Crippen LogP contribution in [0.2, 0.25) is 0 Å². The number of para-hydroxylation sites is 1. The number of aromatic nitrogens is 1. The minimum Gasteiger partial charge on any atom is -0.392 e. The van der Waals surface area contributed by atoms with E-state index in [2.05, 4.69) is 0 Å². The summed E-state index contributed by atoms with van der Waals surface area (Å²) in [5.41, 5.74) is 4.94. The van der Waals surface area contributed by atoms with Crippen molar-refractivity contribution >= 4 is 16.8 Å². The van der Waals surface area contributed by atoms with E-state index in [0.717, 1.165) is 6.07 Å². The summed E-state index contributed by atoms with van der Waals surface area (Å²) in [6.07, 6.45) is -3.34. The van der Waals surface area contributed by atoms with Crippen molar-refractivity contribution < 1.29 is 27.5 Å². The molecule has 1 amide bonds. The Balaban J connectivity index is 2.25. The summed E-state index contributed by atoms with van der Waals surface area (Å²) in [4.78, 5) is 12.0. The molecule has 8 heteroatoms. The van der Waals surface area contributed by atoms with Crippen LogP contribution in [-0.2, 0) is 17.6 Å². The van der Waals surface area contributed by atoms with Gasteiger partial charge in [0, 0.05) is 22.7 Å². The number of aliphatic hydroxyl groups is 1. The van der Waals surface area contributed by atoms with Crippen LogP contribution < -0.4 is 5.73 Å². The number of hydrogen-bond acceptors (Lipinski definition) is 2. The Labute approximate surface area is 145 Å². The molecule has 3 aromatic rings. The molecule has 1 aromatic heterocycles. The van der Waals surface area contributed by atoms with Gasteiger partial charge in [-0.1, -0.05) is 18.2 Å². The lowest BCUT2D eigenvalue weighted by molar-refractivity contribution is -0.138. The first-order chi connectivity index (χ1) is 12.2. The Morgan fingerprint density at radius 3 is 2.50 bits per heavy atom. The van der Waals surface area contributed by atoms with Crippen molar-refractivity contribution in [1.29, 1.82) is 0 Å². The number of nitrogens with zero attached hydrogens (tertiary/aromatic N) is 1. The van der Waals surface area contributed by atoms with Crippen LogP contribution in [0, 0.1) is 5.82 Å². The molecular weight excluding hydrogens is 352 g/mol. The van der Waals surface area contributed by atoms with E-state index in [4.69, 9.17) is 5.73 Å². The maximum absolute atomic E-state index is 13.8. The first-order valence-corrected chi connectivity index (χ1v) is 7.58. The predicted octanol–water partition coefficient (Wildman–Crippen LogP) is 3.37. The molecule has 0 aliphatic rings. The van der Waals surface area contributed by atoms with Gasteiger partial charge >= 0.3 is 6.18 Å². The third kappa shape index (κ3) is 3.15. The number of hydrogen-bond donors (Lipinski definition) is 2. The van der Waals surface area contributed by atoms with Crippen molar-refractivity contribution in [1.82, 2.24) is 4.57 Å². The van der Waals surface area contributed by atoms with E-state index >= 15 is 0 Å². The third-order valence-electron chi connectivity index (χ3n) is 4.10. The van der Waals surface area contributed by atoms with E-state index < -0.39 is 29.5 Å². The van der Waals surface area contributed by atoms with Crippen molar-refractivity contribution in [3.63, 3.8) is 0 Å². The van der Waals surface area contributed by atoms with E-state index in [-0.39, 0.29) is 12.2 Å². The molecule has 1 heterocycles. The van der Waals surface area contributed by atoms with Crippen molar-refractivity contribution in [3.8, 4) is 0 Å². The Hall–Kier alpha value is -2.87. The number of halogens is 4.